The Balaban J connectivity index is 2.80. The lowest BCUT2D eigenvalue weighted by molar-refractivity contribution is -0.158. The van der Waals surface area contributed by atoms with E-state index in [4.69, 9.17) is 18.9 Å². The van der Waals surface area contributed by atoms with Crippen LogP contribution in [0.4, 0.5) is 0 Å². The normalized spacial score (nSPS) is 15.9. The molecule has 0 radical (unpaired) electrons. The summed E-state index contributed by atoms with van der Waals surface area (Å²) in [5.41, 5.74) is 0.693. The van der Waals surface area contributed by atoms with Gasteiger partial charge in [0.1, 0.15) is 25.8 Å². The summed E-state index contributed by atoms with van der Waals surface area (Å²) in [4.78, 5) is 11.5. The number of hydrogen-bond acceptors (Lipinski definition) is 8. The third-order valence-electron chi connectivity index (χ3n) is 3.75. The molecule has 0 heterocycles. The van der Waals surface area contributed by atoms with Gasteiger partial charge in [-0.05, 0) is 5.56 Å². The van der Waals surface area contributed by atoms with Crippen LogP contribution < -0.4 is 0 Å². The van der Waals surface area contributed by atoms with Crippen LogP contribution in [-0.4, -0.2) is 69.4 Å². The Kier molecular flexibility index (Phi) is 11.0. The SMILES string of the molecule is COCO[C@@H](CC(=O)OC)C[C@@H](O)[C@H](O)[C@H](OCOC)c1ccccc1. The van der Waals surface area contributed by atoms with E-state index in [1.54, 1.807) is 24.3 Å². The zero-order valence-corrected chi connectivity index (χ0v) is 15.4. The number of hydrogen-bond donors (Lipinski definition) is 2. The first kappa shape index (κ1) is 22.5. The van der Waals surface area contributed by atoms with E-state index < -0.39 is 30.4 Å². The van der Waals surface area contributed by atoms with Crippen molar-refractivity contribution in [1.29, 1.82) is 0 Å². The second-order valence-electron chi connectivity index (χ2n) is 5.67. The van der Waals surface area contributed by atoms with Gasteiger partial charge in [-0.3, -0.25) is 4.79 Å². The molecule has 0 amide bonds. The van der Waals surface area contributed by atoms with Crippen LogP contribution in [0.3, 0.4) is 0 Å². The second kappa shape index (κ2) is 12.7. The zero-order valence-electron chi connectivity index (χ0n) is 15.4. The molecule has 1 aromatic carbocycles. The van der Waals surface area contributed by atoms with E-state index in [0.29, 0.717) is 5.56 Å². The molecule has 26 heavy (non-hydrogen) atoms. The van der Waals surface area contributed by atoms with Crippen molar-refractivity contribution >= 4 is 5.97 Å². The van der Waals surface area contributed by atoms with Crippen LogP contribution in [0.25, 0.3) is 0 Å². The molecule has 4 atom stereocenters. The Morgan fingerprint density at radius 2 is 1.62 bits per heavy atom. The summed E-state index contributed by atoms with van der Waals surface area (Å²) in [5, 5.41) is 21.0. The molecular formula is C18H28O8. The van der Waals surface area contributed by atoms with Crippen molar-refractivity contribution in [1.82, 2.24) is 0 Å². The molecule has 8 nitrogen and oxygen atoms in total. The Hall–Kier alpha value is -1.55. The smallest absolute Gasteiger partial charge is 0.308 e. The zero-order chi connectivity index (χ0) is 19.4. The molecule has 0 aliphatic carbocycles. The number of aliphatic hydroxyl groups is 2. The van der Waals surface area contributed by atoms with Crippen molar-refractivity contribution in [3.63, 3.8) is 0 Å². The number of methoxy groups -OCH3 is 3. The van der Waals surface area contributed by atoms with Gasteiger partial charge in [-0.1, -0.05) is 30.3 Å². The van der Waals surface area contributed by atoms with Crippen molar-refractivity contribution in [2.45, 2.75) is 37.3 Å². The van der Waals surface area contributed by atoms with Gasteiger partial charge in [0.15, 0.2) is 0 Å². The van der Waals surface area contributed by atoms with Gasteiger partial charge in [0, 0.05) is 20.6 Å². The predicted octanol–water partition coefficient (Wildman–Crippen LogP) is 1.01. The number of benzene rings is 1. The number of aliphatic hydroxyl groups excluding tert-OH is 2. The summed E-state index contributed by atoms with van der Waals surface area (Å²) in [6.45, 7) is -0.0954. The Morgan fingerprint density at radius 1 is 1.00 bits per heavy atom. The van der Waals surface area contributed by atoms with Crippen LogP contribution in [0, 0.1) is 0 Å². The van der Waals surface area contributed by atoms with Crippen molar-refractivity contribution < 1.29 is 38.7 Å². The lowest BCUT2D eigenvalue weighted by Crippen LogP contribution is -2.37. The van der Waals surface area contributed by atoms with Gasteiger partial charge in [-0.25, -0.2) is 0 Å². The molecule has 0 spiro atoms. The lowest BCUT2D eigenvalue weighted by atomic mass is 9.96. The summed E-state index contributed by atoms with van der Waals surface area (Å²) in [6, 6.07) is 9.01. The van der Waals surface area contributed by atoms with Gasteiger partial charge in [-0.2, -0.15) is 0 Å². The standard InChI is InChI=1S/C18H28O8/c1-22-11-25-14(10-16(20)24-3)9-15(19)17(21)18(26-12-23-2)13-7-5-4-6-8-13/h4-8,14-15,17-19,21H,9-12H2,1-3H3/t14-,15-,17+,18-/m1/s1. The second-order valence-corrected chi connectivity index (χ2v) is 5.67. The summed E-state index contributed by atoms with van der Waals surface area (Å²) < 4.78 is 25.3. The van der Waals surface area contributed by atoms with E-state index in [-0.39, 0.29) is 26.4 Å². The molecule has 0 aliphatic heterocycles. The summed E-state index contributed by atoms with van der Waals surface area (Å²) in [6.07, 6.45) is -4.00. The van der Waals surface area contributed by atoms with Crippen molar-refractivity contribution in [2.24, 2.45) is 0 Å². The minimum atomic E-state index is -1.25. The van der Waals surface area contributed by atoms with Gasteiger partial charge < -0.3 is 33.9 Å². The predicted molar refractivity (Wildman–Crippen MR) is 92.2 cm³/mol. The highest BCUT2D eigenvalue weighted by atomic mass is 16.7. The molecule has 8 heteroatoms. The van der Waals surface area contributed by atoms with Crippen LogP contribution in [0.1, 0.15) is 24.5 Å². The quantitative estimate of drug-likeness (QED) is 0.391. The molecular weight excluding hydrogens is 344 g/mol. The molecule has 2 N–H and O–H groups in total. The fourth-order valence-corrected chi connectivity index (χ4v) is 2.43. The van der Waals surface area contributed by atoms with E-state index >= 15 is 0 Å². The van der Waals surface area contributed by atoms with Crippen molar-refractivity contribution in [3.05, 3.63) is 35.9 Å². The summed E-state index contributed by atoms with van der Waals surface area (Å²) in [5.74, 6) is -0.483. The number of rotatable bonds is 13. The molecule has 0 aromatic heterocycles. The Bertz CT molecular complexity index is 495. The minimum absolute atomic E-state index is 0.000692. The molecule has 148 valence electrons. The van der Waals surface area contributed by atoms with Gasteiger partial charge in [0.2, 0.25) is 0 Å². The fraction of sp³-hybridized carbons (Fsp3) is 0.611. The molecule has 0 unspecified atom stereocenters. The van der Waals surface area contributed by atoms with Crippen LogP contribution in [0.15, 0.2) is 30.3 Å². The molecule has 0 fully saturated rings. The highest BCUT2D eigenvalue weighted by Gasteiger charge is 2.31. The number of esters is 1. The van der Waals surface area contributed by atoms with Gasteiger partial charge in [0.05, 0.1) is 25.7 Å². The maximum atomic E-state index is 11.5. The molecule has 0 bridgehead atoms. The maximum Gasteiger partial charge on any atom is 0.308 e. The van der Waals surface area contributed by atoms with Gasteiger partial charge in [0.25, 0.3) is 0 Å². The molecule has 1 aromatic rings. The fourth-order valence-electron chi connectivity index (χ4n) is 2.43. The first-order chi connectivity index (χ1) is 12.5. The molecule has 1 rings (SSSR count). The average molecular weight is 372 g/mol. The van der Waals surface area contributed by atoms with E-state index in [2.05, 4.69) is 4.74 Å². The van der Waals surface area contributed by atoms with Crippen LogP contribution in [-0.2, 0) is 28.5 Å². The first-order valence-electron chi connectivity index (χ1n) is 8.22. The Labute approximate surface area is 153 Å². The van der Waals surface area contributed by atoms with E-state index in [1.165, 1.54) is 21.3 Å². The third kappa shape index (κ3) is 7.77. The topological polar surface area (TPSA) is 104 Å². The summed E-state index contributed by atoms with van der Waals surface area (Å²) in [7, 11) is 4.19. The first-order valence-corrected chi connectivity index (χ1v) is 8.22. The lowest BCUT2D eigenvalue weighted by Gasteiger charge is -2.29. The monoisotopic (exact) mass is 372 g/mol. The molecule has 0 saturated carbocycles. The minimum Gasteiger partial charge on any atom is -0.469 e. The third-order valence-corrected chi connectivity index (χ3v) is 3.75. The van der Waals surface area contributed by atoms with E-state index in [1.807, 2.05) is 6.07 Å². The average Bonchev–Trinajstić information content (AvgIpc) is 2.66. The van der Waals surface area contributed by atoms with Crippen LogP contribution in [0.5, 0.6) is 0 Å². The van der Waals surface area contributed by atoms with Crippen LogP contribution in [0.2, 0.25) is 0 Å². The number of carbonyl (C=O) groups is 1. The molecule has 0 aliphatic rings. The highest BCUT2D eigenvalue weighted by Crippen LogP contribution is 2.26. The van der Waals surface area contributed by atoms with E-state index in [9.17, 15) is 15.0 Å². The van der Waals surface area contributed by atoms with E-state index in [0.717, 1.165) is 0 Å². The van der Waals surface area contributed by atoms with Crippen LogP contribution >= 0.6 is 0 Å². The number of ether oxygens (including phenoxy) is 5. The van der Waals surface area contributed by atoms with Gasteiger partial charge >= 0.3 is 5.97 Å². The molecule has 0 saturated heterocycles. The maximum absolute atomic E-state index is 11.5. The van der Waals surface area contributed by atoms with Crippen molar-refractivity contribution in [2.75, 3.05) is 34.9 Å². The van der Waals surface area contributed by atoms with Gasteiger partial charge in [-0.15, -0.1) is 0 Å². The largest absolute Gasteiger partial charge is 0.469 e. The summed E-state index contributed by atoms with van der Waals surface area (Å²) >= 11 is 0. The van der Waals surface area contributed by atoms with Crippen molar-refractivity contribution in [3.8, 4) is 0 Å². The highest BCUT2D eigenvalue weighted by molar-refractivity contribution is 5.69. The number of carbonyl (C=O) groups excluding carboxylic acids is 1. The Morgan fingerprint density at radius 3 is 2.19 bits per heavy atom.